The predicted octanol–water partition coefficient (Wildman–Crippen LogP) is 4.24. The van der Waals surface area contributed by atoms with Crippen molar-refractivity contribution in [1.82, 2.24) is 0 Å². The maximum Gasteiger partial charge on any atom is 0.265 e. The van der Waals surface area contributed by atoms with E-state index in [0.29, 0.717) is 6.42 Å². The number of anilines is 1. The summed E-state index contributed by atoms with van der Waals surface area (Å²) in [6.07, 6.45) is -0.290. The van der Waals surface area contributed by atoms with Crippen molar-refractivity contribution in [1.29, 1.82) is 0 Å². The van der Waals surface area contributed by atoms with Crippen LogP contribution in [0.25, 0.3) is 0 Å². The maximum absolute atomic E-state index is 13.6. The first-order valence-electron chi connectivity index (χ1n) is 7.31. The molecule has 0 aromatic heterocycles. The number of halogens is 1. The molecule has 0 spiro atoms. The molecule has 0 bridgehead atoms. The first kappa shape index (κ1) is 16.0. The fourth-order valence-corrected chi connectivity index (χ4v) is 2.23. The van der Waals surface area contributed by atoms with Gasteiger partial charge in [-0.1, -0.05) is 37.3 Å². The van der Waals surface area contributed by atoms with E-state index in [9.17, 15) is 9.18 Å². The molecule has 116 valence electrons. The fourth-order valence-electron chi connectivity index (χ4n) is 2.23. The van der Waals surface area contributed by atoms with E-state index in [1.165, 1.54) is 12.1 Å². The zero-order valence-electron chi connectivity index (χ0n) is 13.0. The molecule has 1 atom stereocenters. The molecule has 2 rings (SSSR count). The van der Waals surface area contributed by atoms with Crippen LogP contribution in [0.2, 0.25) is 0 Å². The molecule has 3 nitrogen and oxygen atoms in total. The molecule has 2 aromatic carbocycles. The van der Waals surface area contributed by atoms with Gasteiger partial charge in [-0.05, 0) is 43.5 Å². The third-order valence-electron chi connectivity index (χ3n) is 3.50. The van der Waals surface area contributed by atoms with E-state index in [1.807, 2.05) is 39.0 Å². The van der Waals surface area contributed by atoms with Crippen molar-refractivity contribution in [3.8, 4) is 5.75 Å². The minimum atomic E-state index is -0.740. The molecule has 4 heteroatoms. The summed E-state index contributed by atoms with van der Waals surface area (Å²) in [5, 5.41) is 2.88. The highest BCUT2D eigenvalue weighted by molar-refractivity contribution is 5.95. The highest BCUT2D eigenvalue weighted by Crippen LogP contribution is 2.22. The van der Waals surface area contributed by atoms with Gasteiger partial charge in [0, 0.05) is 5.69 Å². The molecule has 0 radical (unpaired) electrons. The van der Waals surface area contributed by atoms with Crippen molar-refractivity contribution in [2.45, 2.75) is 33.3 Å². The number of benzene rings is 2. The summed E-state index contributed by atoms with van der Waals surface area (Å²) in [5.74, 6) is -0.657. The Morgan fingerprint density at radius 3 is 2.36 bits per heavy atom. The number of ether oxygens (including phenoxy) is 1. The molecule has 1 amide bonds. The number of aryl methyl sites for hydroxylation is 2. The molecule has 0 fully saturated rings. The van der Waals surface area contributed by atoms with Crippen LogP contribution in [0.15, 0.2) is 42.5 Å². The molecular formula is C18H20FNO2. The van der Waals surface area contributed by atoms with Crippen LogP contribution >= 0.6 is 0 Å². The SMILES string of the molecule is CC[C@H](Oc1ccccc1F)C(=O)Nc1c(C)cccc1C. The Hall–Kier alpha value is -2.36. The molecule has 1 N–H and O–H groups in total. The lowest BCUT2D eigenvalue weighted by molar-refractivity contribution is -0.122. The van der Waals surface area contributed by atoms with Gasteiger partial charge >= 0.3 is 0 Å². The molecule has 0 aliphatic carbocycles. The molecule has 0 heterocycles. The topological polar surface area (TPSA) is 38.3 Å². The Kier molecular flexibility index (Phi) is 5.15. The summed E-state index contributed by atoms with van der Waals surface area (Å²) in [5.41, 5.74) is 2.74. The van der Waals surface area contributed by atoms with Gasteiger partial charge in [0.25, 0.3) is 5.91 Å². The smallest absolute Gasteiger partial charge is 0.265 e. The largest absolute Gasteiger partial charge is 0.478 e. The average molecular weight is 301 g/mol. The van der Waals surface area contributed by atoms with Gasteiger partial charge in [-0.2, -0.15) is 0 Å². The van der Waals surface area contributed by atoms with Gasteiger partial charge in [-0.25, -0.2) is 4.39 Å². The van der Waals surface area contributed by atoms with E-state index in [0.717, 1.165) is 16.8 Å². The van der Waals surface area contributed by atoms with Crippen LogP contribution in [-0.4, -0.2) is 12.0 Å². The van der Waals surface area contributed by atoms with Crippen molar-refractivity contribution in [3.63, 3.8) is 0 Å². The van der Waals surface area contributed by atoms with E-state index in [1.54, 1.807) is 12.1 Å². The van der Waals surface area contributed by atoms with E-state index in [2.05, 4.69) is 5.32 Å². The predicted molar refractivity (Wildman–Crippen MR) is 85.7 cm³/mol. The number of amides is 1. The second-order valence-electron chi connectivity index (χ2n) is 5.20. The Labute approximate surface area is 130 Å². The molecular weight excluding hydrogens is 281 g/mol. The van der Waals surface area contributed by atoms with Gasteiger partial charge in [-0.15, -0.1) is 0 Å². The minimum Gasteiger partial charge on any atom is -0.478 e. The summed E-state index contributed by atoms with van der Waals surface area (Å²) < 4.78 is 19.2. The first-order valence-corrected chi connectivity index (χ1v) is 7.31. The van der Waals surface area contributed by atoms with Crippen LogP contribution in [-0.2, 0) is 4.79 Å². The Bertz CT molecular complexity index is 650. The van der Waals surface area contributed by atoms with Crippen molar-refractivity contribution >= 4 is 11.6 Å². The van der Waals surface area contributed by atoms with Crippen molar-refractivity contribution in [3.05, 3.63) is 59.4 Å². The highest BCUT2D eigenvalue weighted by atomic mass is 19.1. The third kappa shape index (κ3) is 3.64. The van der Waals surface area contributed by atoms with Crippen LogP contribution < -0.4 is 10.1 Å². The van der Waals surface area contributed by atoms with E-state index >= 15 is 0 Å². The summed E-state index contributed by atoms with van der Waals surface area (Å²) in [7, 11) is 0. The Balaban J connectivity index is 2.14. The van der Waals surface area contributed by atoms with Crippen LogP contribution in [0.3, 0.4) is 0 Å². The second-order valence-corrected chi connectivity index (χ2v) is 5.20. The van der Waals surface area contributed by atoms with E-state index in [4.69, 9.17) is 4.74 Å². The number of hydrogen-bond acceptors (Lipinski definition) is 2. The first-order chi connectivity index (χ1) is 10.5. The average Bonchev–Trinajstić information content (AvgIpc) is 2.50. The minimum absolute atomic E-state index is 0.0889. The van der Waals surface area contributed by atoms with Crippen molar-refractivity contribution in [2.24, 2.45) is 0 Å². The molecule has 0 saturated heterocycles. The van der Waals surface area contributed by atoms with Gasteiger partial charge in [0.05, 0.1) is 0 Å². The lowest BCUT2D eigenvalue weighted by Crippen LogP contribution is -2.33. The van der Waals surface area contributed by atoms with E-state index < -0.39 is 11.9 Å². The van der Waals surface area contributed by atoms with Gasteiger partial charge in [0.1, 0.15) is 0 Å². The highest BCUT2D eigenvalue weighted by Gasteiger charge is 2.21. The zero-order chi connectivity index (χ0) is 16.1. The van der Waals surface area contributed by atoms with Crippen molar-refractivity contribution in [2.75, 3.05) is 5.32 Å². The van der Waals surface area contributed by atoms with Gasteiger partial charge in [-0.3, -0.25) is 4.79 Å². The summed E-state index contributed by atoms with van der Waals surface area (Å²) in [6.45, 7) is 5.69. The standard InChI is InChI=1S/C18H20FNO2/c1-4-15(22-16-11-6-5-10-14(16)19)18(21)20-17-12(2)8-7-9-13(17)3/h5-11,15H,4H2,1-3H3,(H,20,21)/t15-/m0/s1. The number of carbonyl (C=O) groups excluding carboxylic acids is 1. The Morgan fingerprint density at radius 2 is 1.77 bits per heavy atom. The molecule has 0 aliphatic rings. The summed E-state index contributed by atoms with van der Waals surface area (Å²) in [4.78, 5) is 12.4. The molecule has 0 aliphatic heterocycles. The van der Waals surface area contributed by atoms with Crippen LogP contribution in [0, 0.1) is 19.7 Å². The maximum atomic E-state index is 13.6. The molecule has 2 aromatic rings. The zero-order valence-corrected chi connectivity index (χ0v) is 13.0. The van der Waals surface area contributed by atoms with Gasteiger partial charge < -0.3 is 10.1 Å². The lowest BCUT2D eigenvalue weighted by atomic mass is 10.1. The quantitative estimate of drug-likeness (QED) is 0.897. The fraction of sp³-hybridized carbons (Fsp3) is 0.278. The monoisotopic (exact) mass is 301 g/mol. The van der Waals surface area contributed by atoms with Crippen LogP contribution in [0.5, 0.6) is 5.75 Å². The second kappa shape index (κ2) is 7.07. The molecule has 0 saturated carbocycles. The van der Waals surface area contributed by atoms with Crippen LogP contribution in [0.1, 0.15) is 24.5 Å². The molecule has 0 unspecified atom stereocenters. The molecule has 22 heavy (non-hydrogen) atoms. The lowest BCUT2D eigenvalue weighted by Gasteiger charge is -2.19. The summed E-state index contributed by atoms with van der Waals surface area (Å²) >= 11 is 0. The number of hydrogen-bond donors (Lipinski definition) is 1. The van der Waals surface area contributed by atoms with Gasteiger partial charge in [0.15, 0.2) is 17.7 Å². The number of carbonyl (C=O) groups is 1. The van der Waals surface area contributed by atoms with E-state index in [-0.39, 0.29) is 11.7 Å². The summed E-state index contributed by atoms with van der Waals surface area (Å²) in [6, 6.07) is 11.9. The normalized spacial score (nSPS) is 11.8. The van der Waals surface area contributed by atoms with Crippen molar-refractivity contribution < 1.29 is 13.9 Å². The number of nitrogens with one attached hydrogen (secondary N) is 1. The van der Waals surface area contributed by atoms with Gasteiger partial charge in [0.2, 0.25) is 0 Å². The van der Waals surface area contributed by atoms with Crippen LogP contribution in [0.4, 0.5) is 10.1 Å². The number of para-hydroxylation sites is 2. The third-order valence-corrected chi connectivity index (χ3v) is 3.50. The number of rotatable bonds is 5. The Morgan fingerprint density at radius 1 is 1.14 bits per heavy atom.